The number of carboxylic acids is 2. The van der Waals surface area contributed by atoms with Crippen molar-refractivity contribution in [3.05, 3.63) is 0 Å². The number of rotatable bonds is 36. The van der Waals surface area contributed by atoms with Gasteiger partial charge in [-0.25, -0.2) is 0 Å². The highest BCUT2D eigenvalue weighted by Crippen LogP contribution is 2.53. The lowest BCUT2D eigenvalue weighted by molar-refractivity contribution is -0.163. The molecule has 0 aromatic heterocycles. The molecule has 0 radical (unpaired) electrons. The van der Waals surface area contributed by atoms with Crippen molar-refractivity contribution in [1.29, 1.82) is 0 Å². The fourth-order valence-electron chi connectivity index (χ4n) is 9.56. The SMILES string of the molecule is BrCCCCCCCCCCBr.CC(C)(C)OC(=O)C1(CCCCCCCCCCC2(C(=O)OC(C)(C)C)CC2)CC1.CC(C)(C)OC(=O)C1CC1.O=C(O)C1(CCCCCCCCCCC2(C(=O)O)CC2)CC1.O=CO. The van der Waals surface area contributed by atoms with Gasteiger partial charge in [0.05, 0.1) is 27.6 Å². The maximum Gasteiger partial charge on any atom is 0.312 e. The topological polar surface area (TPSA) is 191 Å². The van der Waals surface area contributed by atoms with E-state index in [0.29, 0.717) is 0 Å². The molecular weight excluding hydrogens is 1110 g/mol. The molecule has 0 spiro atoms. The minimum atomic E-state index is -0.595. The number of carboxylic acid groups (broad SMARTS) is 3. The van der Waals surface area contributed by atoms with Crippen molar-refractivity contribution < 1.29 is 58.3 Å². The van der Waals surface area contributed by atoms with Gasteiger partial charge in [-0.05, 0) is 165 Å². The van der Waals surface area contributed by atoms with E-state index in [1.165, 1.54) is 126 Å². The summed E-state index contributed by atoms with van der Waals surface area (Å²) in [6, 6.07) is 0. The second kappa shape index (κ2) is 37.7. The van der Waals surface area contributed by atoms with Crippen molar-refractivity contribution in [1.82, 2.24) is 0 Å². The van der Waals surface area contributed by atoms with Crippen LogP contribution in [0.2, 0.25) is 0 Å². The number of ether oxygens (including phenoxy) is 3. The van der Waals surface area contributed by atoms with Gasteiger partial charge in [-0.15, -0.1) is 0 Å². The fraction of sp³-hybridized carbons (Fsp3) is 0.905. The lowest BCUT2D eigenvalue weighted by atomic mass is 9.96. The van der Waals surface area contributed by atoms with Crippen LogP contribution in [0, 0.1) is 27.6 Å². The van der Waals surface area contributed by atoms with E-state index in [0.717, 1.165) is 128 Å². The van der Waals surface area contributed by atoms with E-state index in [4.69, 9.17) is 34.3 Å². The minimum absolute atomic E-state index is 0.0208. The van der Waals surface area contributed by atoms with Crippen molar-refractivity contribution in [3.8, 4) is 0 Å². The molecule has 0 heterocycles. The predicted molar refractivity (Wildman–Crippen MR) is 318 cm³/mol. The number of hydrogen-bond donors (Lipinski definition) is 3. The molecule has 0 unspecified atom stereocenters. The summed E-state index contributed by atoms with van der Waals surface area (Å²) in [6.07, 6.45) is 43.6. The molecule has 5 aliphatic rings. The highest BCUT2D eigenvalue weighted by Gasteiger charge is 2.53. The van der Waals surface area contributed by atoms with Crippen molar-refractivity contribution >= 4 is 68.2 Å². The molecule has 450 valence electrons. The molecule has 14 heteroatoms. The summed E-state index contributed by atoms with van der Waals surface area (Å²) in [5, 5.41) is 27.4. The monoisotopic (exact) mass is 1220 g/mol. The molecule has 0 aromatic carbocycles. The van der Waals surface area contributed by atoms with Gasteiger partial charge in [0.2, 0.25) is 0 Å². The van der Waals surface area contributed by atoms with Gasteiger partial charge >= 0.3 is 29.8 Å². The molecule has 5 fully saturated rings. The summed E-state index contributed by atoms with van der Waals surface area (Å²) >= 11 is 6.90. The van der Waals surface area contributed by atoms with Crippen LogP contribution >= 0.6 is 31.9 Å². The molecule has 5 saturated carbocycles. The highest BCUT2D eigenvalue weighted by molar-refractivity contribution is 9.09. The number of esters is 3. The fourth-order valence-corrected chi connectivity index (χ4v) is 10.4. The van der Waals surface area contributed by atoms with Crippen molar-refractivity contribution in [3.63, 3.8) is 0 Å². The van der Waals surface area contributed by atoms with E-state index in [-0.39, 0.29) is 68.8 Å². The molecule has 5 rings (SSSR count). The highest BCUT2D eigenvalue weighted by atomic mass is 79.9. The van der Waals surface area contributed by atoms with Crippen molar-refractivity contribution in [2.75, 3.05) is 10.7 Å². The largest absolute Gasteiger partial charge is 0.483 e. The van der Waals surface area contributed by atoms with E-state index >= 15 is 0 Å². The van der Waals surface area contributed by atoms with Crippen LogP contribution < -0.4 is 0 Å². The van der Waals surface area contributed by atoms with E-state index < -0.39 is 11.9 Å². The Bertz CT molecular complexity index is 1560. The summed E-state index contributed by atoms with van der Waals surface area (Å²) in [6.45, 7) is 17.1. The average Bonchev–Trinajstić information content (AvgIpc) is 4.11. The van der Waals surface area contributed by atoms with Crippen molar-refractivity contribution in [2.45, 2.75) is 323 Å². The van der Waals surface area contributed by atoms with Gasteiger partial charge < -0.3 is 29.5 Å². The maximum absolute atomic E-state index is 12.3. The average molecular weight is 1220 g/mol. The molecule has 0 aliphatic heterocycles. The van der Waals surface area contributed by atoms with Crippen LogP contribution in [0.3, 0.4) is 0 Å². The normalized spacial score (nSPS) is 17.6. The van der Waals surface area contributed by atoms with Gasteiger partial charge in [-0.2, -0.15) is 0 Å². The summed E-state index contributed by atoms with van der Waals surface area (Å²) in [7, 11) is 0. The summed E-state index contributed by atoms with van der Waals surface area (Å²) in [4.78, 5) is 66.1. The van der Waals surface area contributed by atoms with Crippen LogP contribution in [0.25, 0.3) is 0 Å². The van der Waals surface area contributed by atoms with Gasteiger partial charge in [-0.1, -0.05) is 173 Å². The number of aliphatic carboxylic acids is 2. The van der Waals surface area contributed by atoms with Crippen LogP contribution in [0.1, 0.15) is 306 Å². The quantitative estimate of drug-likeness (QED) is 0.0177. The molecule has 0 aromatic rings. The first kappa shape index (κ1) is 72.8. The first-order valence-electron chi connectivity index (χ1n) is 30.6. The Morgan fingerprint density at radius 3 is 0.792 bits per heavy atom. The second-order valence-electron chi connectivity index (χ2n) is 26.5. The summed E-state index contributed by atoms with van der Waals surface area (Å²) in [5.74, 6) is -0.944. The van der Waals surface area contributed by atoms with Crippen LogP contribution in [0.15, 0.2) is 0 Å². The Balaban J connectivity index is 0.000000548. The predicted octanol–water partition coefficient (Wildman–Crippen LogP) is 18.1. The molecule has 3 N–H and O–H groups in total. The summed E-state index contributed by atoms with van der Waals surface area (Å²) in [5.41, 5.74) is -2.05. The smallest absolute Gasteiger partial charge is 0.312 e. The molecule has 5 aliphatic carbocycles. The lowest BCUT2D eigenvalue weighted by Crippen LogP contribution is -2.29. The standard InChI is InChI=1S/C26H46O4.C18H30O4.C10H20Br2.C8H14O2.CH2O2/c1-23(2,3)29-21(27)25(17-18-25)15-13-11-9-7-8-10-12-14-16-26(19-20-26)22(28)30-24(4,5)6;19-15(20)17(11-12-17)9-7-5-3-1-2-4-6-8-10-18(13-14-18)16(21)22;11-9-7-5-3-1-2-4-6-8-10-12;1-8(2,3)10-7(9)6-4-5-6;2-1-3/h7-20H2,1-6H3;1-14H2,(H,19,20)(H,21,22);1-10H2;6H,4-5H2,1-3H3;1H,(H,2,3). The summed E-state index contributed by atoms with van der Waals surface area (Å²) < 4.78 is 16.3. The van der Waals surface area contributed by atoms with Gasteiger partial charge in [0.25, 0.3) is 6.47 Å². The molecule has 77 heavy (non-hydrogen) atoms. The maximum atomic E-state index is 12.3. The number of hydrogen-bond acceptors (Lipinski definition) is 9. The number of carbonyl (C=O) groups is 6. The van der Waals surface area contributed by atoms with Crippen LogP contribution in [-0.4, -0.2) is 79.1 Å². The van der Waals surface area contributed by atoms with E-state index in [2.05, 4.69) is 31.9 Å². The number of unbranched alkanes of at least 4 members (excludes halogenated alkanes) is 21. The lowest BCUT2D eigenvalue weighted by Gasteiger charge is -2.23. The molecule has 0 atom stereocenters. The molecular formula is C63H112Br2O12. The molecule has 0 bridgehead atoms. The third-order valence-corrected chi connectivity index (χ3v) is 16.6. The van der Waals surface area contributed by atoms with Gasteiger partial charge in [0, 0.05) is 10.7 Å². The van der Waals surface area contributed by atoms with Gasteiger partial charge in [0.1, 0.15) is 16.8 Å². The Labute approximate surface area is 485 Å². The van der Waals surface area contributed by atoms with Crippen LogP contribution in [0.4, 0.5) is 0 Å². The van der Waals surface area contributed by atoms with E-state index in [9.17, 15) is 24.0 Å². The third kappa shape index (κ3) is 36.0. The Hall–Kier alpha value is -2.22. The second-order valence-corrected chi connectivity index (χ2v) is 28.1. The van der Waals surface area contributed by atoms with E-state index in [1.54, 1.807) is 0 Å². The van der Waals surface area contributed by atoms with Crippen molar-refractivity contribution in [2.24, 2.45) is 27.6 Å². The number of alkyl halides is 2. The van der Waals surface area contributed by atoms with Crippen LogP contribution in [-0.2, 0) is 43.0 Å². The number of halogens is 2. The Kier molecular flexibility index (Phi) is 35.7. The molecule has 0 saturated heterocycles. The third-order valence-electron chi connectivity index (χ3n) is 15.4. The van der Waals surface area contributed by atoms with E-state index in [1.807, 2.05) is 62.3 Å². The zero-order chi connectivity index (χ0) is 58.1. The zero-order valence-corrected chi connectivity index (χ0v) is 53.4. The Morgan fingerprint density at radius 1 is 0.403 bits per heavy atom. The number of carbonyl (C=O) groups excluding carboxylic acids is 3. The van der Waals surface area contributed by atoms with Crippen LogP contribution in [0.5, 0.6) is 0 Å². The minimum Gasteiger partial charge on any atom is -0.483 e. The first-order chi connectivity index (χ1) is 36.2. The molecule has 12 nitrogen and oxygen atoms in total. The Morgan fingerprint density at radius 2 is 0.610 bits per heavy atom. The zero-order valence-electron chi connectivity index (χ0n) is 50.2. The molecule has 0 amide bonds. The van der Waals surface area contributed by atoms with Gasteiger partial charge in [-0.3, -0.25) is 28.8 Å². The van der Waals surface area contributed by atoms with Gasteiger partial charge in [0.15, 0.2) is 0 Å². The first-order valence-corrected chi connectivity index (χ1v) is 32.8.